The van der Waals surface area contributed by atoms with Crippen LogP contribution in [0, 0.1) is 5.39 Å². The second-order valence-corrected chi connectivity index (χ2v) is 6.82. The molecule has 122 valence electrons. The van der Waals surface area contributed by atoms with E-state index in [9.17, 15) is 18.0 Å². The fraction of sp³-hybridized carbons (Fsp3) is 0.167. The zero-order valence-corrected chi connectivity index (χ0v) is 13.2. The maximum absolute atomic E-state index is 12.5. The van der Waals surface area contributed by atoms with Gasteiger partial charge in [-0.05, 0) is 6.07 Å². The highest BCUT2D eigenvalue weighted by Crippen LogP contribution is 2.19. The maximum Gasteiger partial charge on any atom is 0.339 e. The highest BCUT2D eigenvalue weighted by Gasteiger charge is 2.24. The molecule has 2 aromatic rings. The fourth-order valence-electron chi connectivity index (χ4n) is 2.11. The van der Waals surface area contributed by atoms with Crippen molar-refractivity contribution in [3.05, 3.63) is 60.0 Å². The number of benzene rings is 2. The van der Waals surface area contributed by atoms with Gasteiger partial charge in [-0.15, -0.1) is 0 Å². The van der Waals surface area contributed by atoms with E-state index < -0.39 is 31.6 Å². The molecule has 0 saturated heterocycles. The summed E-state index contributed by atoms with van der Waals surface area (Å²) in [5, 5.41) is 18.3. The van der Waals surface area contributed by atoms with Crippen LogP contribution in [-0.2, 0) is 10.0 Å². The molecule has 0 heterocycles. The number of rotatable bonds is 3. The van der Waals surface area contributed by atoms with Crippen LogP contribution in [-0.4, -0.2) is 26.8 Å². The predicted octanol–water partition coefficient (Wildman–Crippen LogP) is -0.808. The van der Waals surface area contributed by atoms with Crippen LogP contribution in [0.5, 0.6) is 0 Å². The molecule has 0 aliphatic heterocycles. The van der Waals surface area contributed by atoms with E-state index in [1.165, 1.54) is 32.3 Å². The molecule has 0 aliphatic rings. The quantitative estimate of drug-likeness (QED) is 0.307. The number of diazo groups is 1. The lowest BCUT2D eigenvalue weighted by molar-refractivity contribution is 0.521. The fourth-order valence-corrected chi connectivity index (χ4v) is 3.22. The van der Waals surface area contributed by atoms with Crippen LogP contribution in [0.1, 0.15) is 0 Å². The molecular weight excluding hydrogens is 338 g/mol. The molecule has 0 atom stereocenters. The van der Waals surface area contributed by atoms with E-state index in [1.54, 1.807) is 0 Å². The van der Waals surface area contributed by atoms with Crippen LogP contribution in [0.2, 0.25) is 0 Å². The molecule has 2 aromatic carbocycles. The molecule has 0 spiro atoms. The minimum atomic E-state index is -4.03. The van der Waals surface area contributed by atoms with E-state index in [2.05, 4.69) is 20.5 Å². The molecule has 0 bridgehead atoms. The van der Waals surface area contributed by atoms with E-state index in [0.29, 0.717) is 0 Å². The topological polar surface area (TPSA) is 159 Å². The van der Waals surface area contributed by atoms with Crippen LogP contribution in [0.25, 0.3) is 21.4 Å². The molecule has 0 radical (unpaired) electrons. The van der Waals surface area contributed by atoms with E-state index in [-0.39, 0.29) is 15.7 Å². The lowest BCUT2D eigenvalue weighted by Crippen LogP contribution is -2.48. The molecule has 11 nitrogen and oxygen atoms in total. The van der Waals surface area contributed by atoms with Crippen LogP contribution in [0.3, 0.4) is 0 Å². The molecule has 0 fully saturated rings. The van der Waals surface area contributed by atoms with Crippen molar-refractivity contribution in [2.75, 3.05) is 14.1 Å². The summed E-state index contributed by atoms with van der Waals surface area (Å²) < 4.78 is 25.8. The van der Waals surface area contributed by atoms with Gasteiger partial charge in [0, 0.05) is 24.9 Å². The summed E-state index contributed by atoms with van der Waals surface area (Å²) in [5.41, 5.74) is 6.34. The first-order chi connectivity index (χ1) is 11.3. The first kappa shape index (κ1) is 17.2. The van der Waals surface area contributed by atoms with Gasteiger partial charge in [0.2, 0.25) is 20.9 Å². The van der Waals surface area contributed by atoms with Crippen molar-refractivity contribution in [1.82, 2.24) is 4.31 Å². The van der Waals surface area contributed by atoms with Gasteiger partial charge in [0.15, 0.2) is 10.5 Å². The van der Waals surface area contributed by atoms with Gasteiger partial charge in [0.1, 0.15) is 0 Å². The van der Waals surface area contributed by atoms with E-state index >= 15 is 0 Å². The Balaban J connectivity index is 3.39. The van der Waals surface area contributed by atoms with Gasteiger partial charge < -0.3 is 10.6 Å². The Morgan fingerprint density at radius 1 is 1.17 bits per heavy atom. The van der Waals surface area contributed by atoms with Crippen molar-refractivity contribution < 1.29 is 8.42 Å². The molecule has 24 heavy (non-hydrogen) atoms. The van der Waals surface area contributed by atoms with Gasteiger partial charge in [0.25, 0.3) is 5.39 Å². The maximum atomic E-state index is 12.5. The molecule has 0 N–H and O–H groups in total. The van der Waals surface area contributed by atoms with Crippen LogP contribution in [0.15, 0.2) is 48.1 Å². The molecule has 0 unspecified atom stereocenters. The summed E-state index contributed by atoms with van der Waals surface area (Å²) in [6.45, 7) is 0. The number of sulfonamides is 1. The zero-order chi connectivity index (χ0) is 18.1. The second-order valence-electron chi connectivity index (χ2n) is 4.70. The lowest BCUT2D eigenvalue weighted by Gasteiger charge is -2.13. The lowest BCUT2D eigenvalue weighted by atomic mass is 10.1. The van der Waals surface area contributed by atoms with E-state index in [1.807, 2.05) is 0 Å². The van der Waals surface area contributed by atoms with Crippen molar-refractivity contribution in [1.29, 1.82) is 5.39 Å². The van der Waals surface area contributed by atoms with E-state index in [4.69, 9.17) is 10.9 Å². The van der Waals surface area contributed by atoms with Gasteiger partial charge in [-0.3, -0.25) is 14.8 Å². The molecule has 0 saturated carbocycles. The van der Waals surface area contributed by atoms with Crippen molar-refractivity contribution in [2.24, 2.45) is 15.4 Å². The SMILES string of the molecule is CN(C)S(=O)(=O)c1cccc2c(=O)c(=O)c(=NN=[N-])c(=N[N+]#N)c12. The summed E-state index contributed by atoms with van der Waals surface area (Å²) in [6, 6.07) is 3.70. The van der Waals surface area contributed by atoms with E-state index in [0.717, 1.165) is 4.31 Å². The summed E-state index contributed by atoms with van der Waals surface area (Å²) in [7, 11) is -1.48. The molecule has 2 rings (SSSR count). The average Bonchev–Trinajstić information content (AvgIpc) is 2.55. The number of fused-ring (bicyclic) bond motifs is 1. The van der Waals surface area contributed by atoms with Crippen LogP contribution in [0.4, 0.5) is 0 Å². The number of hydrogen-bond donors (Lipinski definition) is 0. The highest BCUT2D eigenvalue weighted by atomic mass is 32.2. The standard InChI is InChI=1S/C12H9N7O4S/c1-19(2)24(22,23)7-5-3-4-6-8(7)9(15-17-13)10(16-18-14)12(21)11(6)20/h3-5H,1-2H3. The predicted molar refractivity (Wildman–Crippen MR) is 81.7 cm³/mol. The number of hydrogen-bond acceptors (Lipinski definition) is 7. The molecule has 0 aliphatic carbocycles. The zero-order valence-electron chi connectivity index (χ0n) is 12.4. The first-order valence-corrected chi connectivity index (χ1v) is 7.70. The Kier molecular flexibility index (Phi) is 4.40. The largest absolute Gasteiger partial charge is 0.362 e. The third-order valence-corrected chi connectivity index (χ3v) is 5.06. The monoisotopic (exact) mass is 347 g/mol. The Morgan fingerprint density at radius 2 is 1.83 bits per heavy atom. The summed E-state index contributed by atoms with van der Waals surface area (Å²) in [4.78, 5) is 23.9. The van der Waals surface area contributed by atoms with Gasteiger partial charge in [-0.1, -0.05) is 12.1 Å². The van der Waals surface area contributed by atoms with Gasteiger partial charge in [-0.25, -0.2) is 12.7 Å². The minimum Gasteiger partial charge on any atom is -0.362 e. The smallest absolute Gasteiger partial charge is 0.339 e. The summed E-state index contributed by atoms with van der Waals surface area (Å²) in [5.74, 6) is 0. The van der Waals surface area contributed by atoms with Crippen molar-refractivity contribution >= 4 is 20.8 Å². The third kappa shape index (κ3) is 2.51. The Bertz CT molecular complexity index is 1220. The van der Waals surface area contributed by atoms with Crippen LogP contribution < -0.4 is 21.6 Å². The van der Waals surface area contributed by atoms with Gasteiger partial charge >= 0.3 is 5.08 Å². The molecule has 0 aromatic heterocycles. The molecular formula is C12H9N7O4S. The Labute approximate surface area is 134 Å². The molecule has 12 heteroatoms. The Morgan fingerprint density at radius 3 is 2.38 bits per heavy atom. The van der Waals surface area contributed by atoms with Crippen LogP contribution >= 0.6 is 0 Å². The third-order valence-electron chi connectivity index (χ3n) is 3.20. The van der Waals surface area contributed by atoms with Gasteiger partial charge in [-0.2, -0.15) is 0 Å². The average molecular weight is 347 g/mol. The number of nitrogens with zero attached hydrogens (tertiary/aromatic N) is 7. The van der Waals surface area contributed by atoms with Gasteiger partial charge in [0.05, 0.1) is 10.3 Å². The summed E-state index contributed by atoms with van der Waals surface area (Å²) in [6.07, 6.45) is 0. The first-order valence-electron chi connectivity index (χ1n) is 6.26. The minimum absolute atomic E-state index is 0.248. The Hall–Kier alpha value is -3.17. The van der Waals surface area contributed by atoms with Crippen molar-refractivity contribution in [3.63, 3.8) is 0 Å². The normalized spacial score (nSPS) is 13.4. The van der Waals surface area contributed by atoms with Crippen molar-refractivity contribution in [2.45, 2.75) is 4.90 Å². The second kappa shape index (κ2) is 6.14. The summed E-state index contributed by atoms with van der Waals surface area (Å²) >= 11 is 0. The highest BCUT2D eigenvalue weighted by molar-refractivity contribution is 7.89. The molecule has 0 amide bonds. The van der Waals surface area contributed by atoms with Crippen molar-refractivity contribution in [3.8, 4) is 0 Å².